The van der Waals surface area contributed by atoms with Gasteiger partial charge in [-0.1, -0.05) is 19.1 Å². The highest BCUT2D eigenvalue weighted by atomic mass is 16.3. The van der Waals surface area contributed by atoms with E-state index in [2.05, 4.69) is 22.9 Å². The Morgan fingerprint density at radius 1 is 1.42 bits per heavy atom. The summed E-state index contributed by atoms with van der Waals surface area (Å²) in [5.74, 6) is 1.66. The first kappa shape index (κ1) is 12.6. The van der Waals surface area contributed by atoms with Crippen LogP contribution in [0.2, 0.25) is 0 Å². The van der Waals surface area contributed by atoms with Crippen molar-refractivity contribution < 1.29 is 5.11 Å². The standard InChI is InChI=1S/C15H21N3O/c1-11-5-4-8-16-14(11)15-17-12-6-2-3-7-13(12)18(15)9-10-19/h2-3,6-7,11,14,16,19H,4-5,8-10H2,1H3. The summed E-state index contributed by atoms with van der Waals surface area (Å²) in [6, 6.07) is 8.46. The van der Waals surface area contributed by atoms with Crippen molar-refractivity contribution in [3.05, 3.63) is 30.1 Å². The second-order valence-corrected chi connectivity index (χ2v) is 5.39. The summed E-state index contributed by atoms with van der Waals surface area (Å²) in [6.07, 6.45) is 2.47. The topological polar surface area (TPSA) is 50.1 Å². The zero-order valence-electron chi connectivity index (χ0n) is 11.3. The van der Waals surface area contributed by atoms with Gasteiger partial charge in [-0.2, -0.15) is 0 Å². The summed E-state index contributed by atoms with van der Waals surface area (Å²) in [5, 5.41) is 12.9. The van der Waals surface area contributed by atoms with Gasteiger partial charge in [0, 0.05) is 6.54 Å². The summed E-state index contributed by atoms with van der Waals surface area (Å²) in [6.45, 7) is 4.09. The average Bonchev–Trinajstić information content (AvgIpc) is 2.79. The van der Waals surface area contributed by atoms with Gasteiger partial charge in [0.2, 0.25) is 0 Å². The molecule has 0 aliphatic carbocycles. The third-order valence-corrected chi connectivity index (χ3v) is 4.06. The van der Waals surface area contributed by atoms with Crippen molar-refractivity contribution in [2.45, 2.75) is 32.4 Å². The minimum Gasteiger partial charge on any atom is -0.395 e. The number of fused-ring (bicyclic) bond motifs is 1. The Balaban J connectivity index is 2.08. The van der Waals surface area contributed by atoms with Crippen LogP contribution in [-0.2, 0) is 6.54 Å². The van der Waals surface area contributed by atoms with Crippen LogP contribution >= 0.6 is 0 Å². The number of aliphatic hydroxyl groups excluding tert-OH is 1. The molecule has 102 valence electrons. The number of hydrogen-bond acceptors (Lipinski definition) is 3. The number of benzene rings is 1. The lowest BCUT2D eigenvalue weighted by atomic mass is 9.92. The molecule has 1 saturated heterocycles. The Morgan fingerprint density at radius 2 is 2.26 bits per heavy atom. The van der Waals surface area contributed by atoms with Crippen LogP contribution in [0.15, 0.2) is 24.3 Å². The normalized spacial score (nSPS) is 23.9. The second-order valence-electron chi connectivity index (χ2n) is 5.39. The van der Waals surface area contributed by atoms with Crippen molar-refractivity contribution >= 4 is 11.0 Å². The highest BCUT2D eigenvalue weighted by Gasteiger charge is 2.27. The van der Waals surface area contributed by atoms with E-state index in [0.29, 0.717) is 18.5 Å². The SMILES string of the molecule is CC1CCCNC1c1nc2ccccc2n1CCO. The van der Waals surface area contributed by atoms with Gasteiger partial charge in [-0.05, 0) is 37.4 Å². The minimum atomic E-state index is 0.147. The number of aliphatic hydroxyl groups is 1. The number of rotatable bonds is 3. The maximum Gasteiger partial charge on any atom is 0.127 e. The van der Waals surface area contributed by atoms with Gasteiger partial charge in [-0.3, -0.25) is 0 Å². The second kappa shape index (κ2) is 5.31. The molecule has 2 unspecified atom stereocenters. The maximum absolute atomic E-state index is 9.32. The van der Waals surface area contributed by atoms with Crippen molar-refractivity contribution in [3.63, 3.8) is 0 Å². The summed E-state index contributed by atoms with van der Waals surface area (Å²) in [5.41, 5.74) is 2.14. The summed E-state index contributed by atoms with van der Waals surface area (Å²) in [7, 11) is 0. The molecule has 0 radical (unpaired) electrons. The van der Waals surface area contributed by atoms with Crippen molar-refractivity contribution in [1.29, 1.82) is 0 Å². The average molecular weight is 259 g/mol. The lowest BCUT2D eigenvalue weighted by Crippen LogP contribution is -2.35. The van der Waals surface area contributed by atoms with Crippen LogP contribution in [0.3, 0.4) is 0 Å². The van der Waals surface area contributed by atoms with Gasteiger partial charge in [0.05, 0.1) is 23.7 Å². The van der Waals surface area contributed by atoms with E-state index in [1.807, 2.05) is 18.2 Å². The smallest absolute Gasteiger partial charge is 0.127 e. The number of piperidine rings is 1. The molecule has 0 amide bonds. The van der Waals surface area contributed by atoms with Gasteiger partial charge in [-0.25, -0.2) is 4.98 Å². The van der Waals surface area contributed by atoms with Gasteiger partial charge < -0.3 is 15.0 Å². The molecule has 3 rings (SSSR count). The molecule has 2 atom stereocenters. The molecule has 1 aliphatic rings. The number of aromatic nitrogens is 2. The van der Waals surface area contributed by atoms with Crippen LogP contribution in [0.25, 0.3) is 11.0 Å². The van der Waals surface area contributed by atoms with E-state index in [4.69, 9.17) is 4.98 Å². The van der Waals surface area contributed by atoms with Crippen LogP contribution in [0.5, 0.6) is 0 Å². The first-order chi connectivity index (χ1) is 9.31. The van der Waals surface area contributed by atoms with Crippen molar-refractivity contribution in [2.24, 2.45) is 5.92 Å². The van der Waals surface area contributed by atoms with Gasteiger partial charge in [0.15, 0.2) is 0 Å². The zero-order chi connectivity index (χ0) is 13.2. The number of hydrogen-bond donors (Lipinski definition) is 2. The maximum atomic E-state index is 9.32. The molecule has 4 nitrogen and oxygen atoms in total. The fourth-order valence-electron chi connectivity index (χ4n) is 3.06. The van der Waals surface area contributed by atoms with E-state index >= 15 is 0 Å². The van der Waals surface area contributed by atoms with Crippen LogP contribution in [0.4, 0.5) is 0 Å². The van der Waals surface area contributed by atoms with E-state index in [1.165, 1.54) is 12.8 Å². The van der Waals surface area contributed by atoms with Crippen LogP contribution in [0, 0.1) is 5.92 Å². The van der Waals surface area contributed by atoms with Gasteiger partial charge in [0.25, 0.3) is 0 Å². The number of nitrogens with one attached hydrogen (secondary N) is 1. The van der Waals surface area contributed by atoms with Crippen LogP contribution in [0.1, 0.15) is 31.6 Å². The Kier molecular flexibility index (Phi) is 3.53. The summed E-state index contributed by atoms with van der Waals surface area (Å²) >= 11 is 0. The Labute approximate surface area is 113 Å². The van der Waals surface area contributed by atoms with E-state index in [-0.39, 0.29) is 6.61 Å². The van der Waals surface area contributed by atoms with Crippen molar-refractivity contribution in [2.75, 3.05) is 13.2 Å². The Bertz CT molecular complexity index is 564. The lowest BCUT2D eigenvalue weighted by Gasteiger charge is -2.30. The molecule has 1 fully saturated rings. The van der Waals surface area contributed by atoms with Crippen LogP contribution in [-0.4, -0.2) is 27.8 Å². The fraction of sp³-hybridized carbons (Fsp3) is 0.533. The highest BCUT2D eigenvalue weighted by Crippen LogP contribution is 2.30. The molecule has 1 aromatic heterocycles. The van der Waals surface area contributed by atoms with Gasteiger partial charge in [0.1, 0.15) is 5.82 Å². The quantitative estimate of drug-likeness (QED) is 0.887. The predicted molar refractivity (Wildman–Crippen MR) is 76.0 cm³/mol. The van der Waals surface area contributed by atoms with Gasteiger partial charge in [-0.15, -0.1) is 0 Å². The monoisotopic (exact) mass is 259 g/mol. The first-order valence-electron chi connectivity index (χ1n) is 7.10. The van der Waals surface area contributed by atoms with E-state index in [0.717, 1.165) is 23.4 Å². The molecule has 0 spiro atoms. The van der Waals surface area contributed by atoms with Crippen molar-refractivity contribution in [3.8, 4) is 0 Å². The molecule has 4 heteroatoms. The van der Waals surface area contributed by atoms with Gasteiger partial charge >= 0.3 is 0 Å². The Morgan fingerprint density at radius 3 is 3.05 bits per heavy atom. The van der Waals surface area contributed by atoms with E-state index in [1.54, 1.807) is 0 Å². The molecule has 1 aromatic carbocycles. The van der Waals surface area contributed by atoms with E-state index in [9.17, 15) is 5.11 Å². The fourth-order valence-corrected chi connectivity index (χ4v) is 3.06. The Hall–Kier alpha value is -1.39. The molecular weight excluding hydrogens is 238 g/mol. The third kappa shape index (κ3) is 2.26. The first-order valence-corrected chi connectivity index (χ1v) is 7.10. The molecule has 19 heavy (non-hydrogen) atoms. The molecule has 1 aliphatic heterocycles. The number of para-hydroxylation sites is 2. The highest BCUT2D eigenvalue weighted by molar-refractivity contribution is 5.76. The van der Waals surface area contributed by atoms with Crippen molar-refractivity contribution in [1.82, 2.24) is 14.9 Å². The molecule has 2 heterocycles. The molecule has 0 bridgehead atoms. The summed E-state index contributed by atoms with van der Waals surface area (Å²) in [4.78, 5) is 4.79. The lowest BCUT2D eigenvalue weighted by molar-refractivity contribution is 0.259. The minimum absolute atomic E-state index is 0.147. The molecule has 0 saturated carbocycles. The molecule has 2 aromatic rings. The third-order valence-electron chi connectivity index (χ3n) is 4.06. The molecular formula is C15H21N3O. The largest absolute Gasteiger partial charge is 0.395 e. The number of nitrogens with zero attached hydrogens (tertiary/aromatic N) is 2. The zero-order valence-corrected chi connectivity index (χ0v) is 11.3. The van der Waals surface area contributed by atoms with Crippen LogP contribution < -0.4 is 5.32 Å². The van der Waals surface area contributed by atoms with E-state index < -0.39 is 0 Å². The predicted octanol–water partition coefficient (Wildman–Crippen LogP) is 2.09. The summed E-state index contributed by atoms with van der Waals surface area (Å²) < 4.78 is 2.16. The number of imidazole rings is 1. The molecule has 2 N–H and O–H groups in total.